The molecule has 4 aromatic rings. The Labute approximate surface area is 137 Å². The van der Waals surface area contributed by atoms with E-state index >= 15 is 0 Å². The molecule has 0 fully saturated rings. The van der Waals surface area contributed by atoms with Gasteiger partial charge in [0.1, 0.15) is 28.1 Å². The van der Waals surface area contributed by atoms with Crippen molar-refractivity contribution in [3.8, 4) is 5.75 Å². The Kier molecular flexibility index (Phi) is 3.43. The zero-order valence-electron chi connectivity index (χ0n) is 13.0. The van der Waals surface area contributed by atoms with Crippen LogP contribution in [0, 0.1) is 0 Å². The molecule has 0 amide bonds. The van der Waals surface area contributed by atoms with Crippen LogP contribution >= 0.6 is 0 Å². The molecule has 2 aromatic carbocycles. The lowest BCUT2D eigenvalue weighted by Gasteiger charge is -2.06. The maximum Gasteiger partial charge on any atom is 0.197 e. The first-order valence-electron chi connectivity index (χ1n) is 7.51. The lowest BCUT2D eigenvalue weighted by molar-refractivity contribution is 0.423. The molecule has 4 heteroatoms. The fourth-order valence-corrected chi connectivity index (χ4v) is 2.77. The molecule has 24 heavy (non-hydrogen) atoms. The molecule has 0 radical (unpaired) electrons. The van der Waals surface area contributed by atoms with Crippen molar-refractivity contribution in [2.75, 3.05) is 7.11 Å². The van der Waals surface area contributed by atoms with Crippen LogP contribution in [-0.4, -0.2) is 7.11 Å². The van der Waals surface area contributed by atoms with Gasteiger partial charge in [-0.05, 0) is 17.7 Å². The number of fused-ring (bicyclic) bond motifs is 2. The number of hydrogen-bond donors (Lipinski definition) is 0. The SMILES string of the molecule is COc1c2ccoc2cc2oc(/C=C\c3ccccc3)cc(=O)c12. The lowest BCUT2D eigenvalue weighted by Crippen LogP contribution is -2.03. The monoisotopic (exact) mass is 318 g/mol. The molecule has 0 spiro atoms. The zero-order valence-corrected chi connectivity index (χ0v) is 13.0. The molecule has 2 aromatic heterocycles. The number of benzene rings is 2. The molecule has 118 valence electrons. The van der Waals surface area contributed by atoms with Crippen molar-refractivity contribution in [1.82, 2.24) is 0 Å². The van der Waals surface area contributed by atoms with Crippen molar-refractivity contribution in [2.45, 2.75) is 0 Å². The van der Waals surface area contributed by atoms with Crippen LogP contribution in [0.1, 0.15) is 11.3 Å². The van der Waals surface area contributed by atoms with E-state index in [0.717, 1.165) is 10.9 Å². The van der Waals surface area contributed by atoms with Crippen LogP contribution in [0.2, 0.25) is 0 Å². The topological polar surface area (TPSA) is 52.6 Å². The molecule has 0 aliphatic heterocycles. The Bertz CT molecular complexity index is 1100. The molecule has 4 nitrogen and oxygen atoms in total. The van der Waals surface area contributed by atoms with E-state index < -0.39 is 0 Å². The van der Waals surface area contributed by atoms with Crippen molar-refractivity contribution in [1.29, 1.82) is 0 Å². The summed E-state index contributed by atoms with van der Waals surface area (Å²) < 4.78 is 16.7. The highest BCUT2D eigenvalue weighted by molar-refractivity contribution is 6.01. The van der Waals surface area contributed by atoms with Gasteiger partial charge in [0.25, 0.3) is 0 Å². The Morgan fingerprint density at radius 1 is 1.00 bits per heavy atom. The third-order valence-corrected chi connectivity index (χ3v) is 3.87. The maximum atomic E-state index is 12.6. The number of hydrogen-bond acceptors (Lipinski definition) is 4. The Morgan fingerprint density at radius 2 is 1.83 bits per heavy atom. The molecular weight excluding hydrogens is 304 g/mol. The normalized spacial score (nSPS) is 11.5. The van der Waals surface area contributed by atoms with Crippen molar-refractivity contribution in [3.63, 3.8) is 0 Å². The molecule has 0 unspecified atom stereocenters. The summed E-state index contributed by atoms with van der Waals surface area (Å²) in [5, 5.41) is 1.17. The Morgan fingerprint density at radius 3 is 2.62 bits per heavy atom. The minimum absolute atomic E-state index is 0.149. The van der Waals surface area contributed by atoms with Gasteiger partial charge in [-0.2, -0.15) is 0 Å². The van der Waals surface area contributed by atoms with E-state index in [-0.39, 0.29) is 5.43 Å². The predicted molar refractivity (Wildman–Crippen MR) is 94.2 cm³/mol. The van der Waals surface area contributed by atoms with Gasteiger partial charge in [-0.25, -0.2) is 0 Å². The van der Waals surface area contributed by atoms with Crippen LogP contribution < -0.4 is 10.2 Å². The van der Waals surface area contributed by atoms with Gasteiger partial charge in [0.15, 0.2) is 5.43 Å². The van der Waals surface area contributed by atoms with Crippen molar-refractivity contribution < 1.29 is 13.6 Å². The quantitative estimate of drug-likeness (QED) is 0.548. The van der Waals surface area contributed by atoms with E-state index in [1.807, 2.05) is 36.4 Å². The molecule has 0 aliphatic carbocycles. The summed E-state index contributed by atoms with van der Waals surface area (Å²) in [6.45, 7) is 0. The summed E-state index contributed by atoms with van der Waals surface area (Å²) in [5.41, 5.74) is 1.93. The van der Waals surface area contributed by atoms with Gasteiger partial charge >= 0.3 is 0 Å². The average molecular weight is 318 g/mol. The third kappa shape index (κ3) is 2.38. The first kappa shape index (κ1) is 14.3. The van der Waals surface area contributed by atoms with Gasteiger partial charge in [0, 0.05) is 12.1 Å². The van der Waals surface area contributed by atoms with Crippen LogP contribution in [0.4, 0.5) is 0 Å². The summed E-state index contributed by atoms with van der Waals surface area (Å²) >= 11 is 0. The second-order valence-corrected chi connectivity index (χ2v) is 5.37. The van der Waals surface area contributed by atoms with Gasteiger partial charge in [-0.3, -0.25) is 4.79 Å². The minimum atomic E-state index is -0.149. The second-order valence-electron chi connectivity index (χ2n) is 5.37. The number of ether oxygens (including phenoxy) is 1. The third-order valence-electron chi connectivity index (χ3n) is 3.87. The van der Waals surface area contributed by atoms with E-state index in [1.54, 1.807) is 24.5 Å². The molecule has 0 saturated heterocycles. The van der Waals surface area contributed by atoms with E-state index in [4.69, 9.17) is 13.6 Å². The summed E-state index contributed by atoms with van der Waals surface area (Å²) in [5.74, 6) is 0.952. The Hall–Kier alpha value is -3.27. The standard InChI is InChI=1S/C20H14O4/c1-22-20-15-9-10-23-17(15)12-18-19(20)16(21)11-14(24-18)8-7-13-5-3-2-4-6-13/h2-12H,1H3/b8-7-. The van der Waals surface area contributed by atoms with E-state index in [0.29, 0.717) is 28.1 Å². The van der Waals surface area contributed by atoms with Gasteiger partial charge < -0.3 is 13.6 Å². The minimum Gasteiger partial charge on any atom is -0.495 e. The van der Waals surface area contributed by atoms with Gasteiger partial charge in [-0.15, -0.1) is 0 Å². The highest BCUT2D eigenvalue weighted by Crippen LogP contribution is 2.34. The van der Waals surface area contributed by atoms with Gasteiger partial charge in [-0.1, -0.05) is 36.4 Å². The number of rotatable bonds is 3. The van der Waals surface area contributed by atoms with E-state index in [1.165, 1.54) is 13.2 Å². The van der Waals surface area contributed by atoms with Crippen molar-refractivity contribution in [2.24, 2.45) is 0 Å². The van der Waals surface area contributed by atoms with Gasteiger partial charge in [0.2, 0.25) is 0 Å². The fourth-order valence-electron chi connectivity index (χ4n) is 2.77. The molecule has 2 heterocycles. The lowest BCUT2D eigenvalue weighted by atomic mass is 10.1. The molecule has 0 atom stereocenters. The summed E-state index contributed by atoms with van der Waals surface area (Å²) in [6, 6.07) is 14.8. The fraction of sp³-hybridized carbons (Fsp3) is 0.0500. The number of methoxy groups -OCH3 is 1. The molecule has 0 saturated carbocycles. The van der Waals surface area contributed by atoms with Crippen molar-refractivity contribution in [3.05, 3.63) is 76.3 Å². The zero-order chi connectivity index (χ0) is 16.5. The van der Waals surface area contributed by atoms with E-state index in [9.17, 15) is 4.79 Å². The van der Waals surface area contributed by atoms with Crippen LogP contribution in [0.5, 0.6) is 5.75 Å². The summed E-state index contributed by atoms with van der Waals surface area (Å²) in [6.07, 6.45) is 5.23. The van der Waals surface area contributed by atoms with Crippen molar-refractivity contribution >= 4 is 34.1 Å². The molecule has 0 bridgehead atoms. The summed E-state index contributed by atoms with van der Waals surface area (Å²) in [4.78, 5) is 12.6. The summed E-state index contributed by atoms with van der Waals surface area (Å²) in [7, 11) is 1.53. The van der Waals surface area contributed by atoms with Gasteiger partial charge in [0.05, 0.1) is 18.8 Å². The maximum absolute atomic E-state index is 12.6. The molecular formula is C20H14O4. The van der Waals surface area contributed by atoms with E-state index in [2.05, 4.69) is 0 Å². The smallest absolute Gasteiger partial charge is 0.197 e. The first-order chi connectivity index (χ1) is 11.8. The molecule has 0 aliphatic rings. The predicted octanol–water partition coefficient (Wildman–Crippen LogP) is 4.72. The highest BCUT2D eigenvalue weighted by Gasteiger charge is 2.15. The Balaban J connectivity index is 1.89. The van der Waals surface area contributed by atoms with Crippen LogP contribution in [0.15, 0.2) is 68.4 Å². The molecule has 4 rings (SSSR count). The second kappa shape index (κ2) is 5.74. The van der Waals surface area contributed by atoms with Crippen LogP contribution in [0.25, 0.3) is 34.1 Å². The average Bonchev–Trinajstić information content (AvgIpc) is 3.07. The van der Waals surface area contributed by atoms with Crippen LogP contribution in [0.3, 0.4) is 0 Å². The first-order valence-corrected chi connectivity index (χ1v) is 7.51. The molecule has 0 N–H and O–H groups in total. The highest BCUT2D eigenvalue weighted by atomic mass is 16.5. The largest absolute Gasteiger partial charge is 0.495 e. The van der Waals surface area contributed by atoms with Crippen LogP contribution in [-0.2, 0) is 0 Å². The number of furan rings is 1.